The van der Waals surface area contributed by atoms with Gasteiger partial charge in [-0.3, -0.25) is 0 Å². The lowest BCUT2D eigenvalue weighted by atomic mass is 9.95. The van der Waals surface area contributed by atoms with E-state index in [-0.39, 0.29) is 0 Å². The SMILES string of the molecule is Clc1ccc(-c2ccc(I)cc2-c2ccccc2)cc1. The number of benzene rings is 3. The highest BCUT2D eigenvalue weighted by molar-refractivity contribution is 14.1. The molecule has 20 heavy (non-hydrogen) atoms. The van der Waals surface area contributed by atoms with E-state index in [4.69, 9.17) is 11.6 Å². The normalized spacial score (nSPS) is 10.5. The fourth-order valence-corrected chi connectivity index (χ4v) is 2.87. The Morgan fingerprint density at radius 1 is 0.650 bits per heavy atom. The van der Waals surface area contributed by atoms with Crippen molar-refractivity contribution < 1.29 is 0 Å². The first-order valence-corrected chi connectivity index (χ1v) is 7.80. The predicted molar refractivity (Wildman–Crippen MR) is 95.0 cm³/mol. The van der Waals surface area contributed by atoms with Crippen LogP contribution in [0.2, 0.25) is 5.02 Å². The van der Waals surface area contributed by atoms with E-state index in [9.17, 15) is 0 Å². The zero-order chi connectivity index (χ0) is 13.9. The molecule has 0 saturated carbocycles. The van der Waals surface area contributed by atoms with Crippen LogP contribution >= 0.6 is 34.2 Å². The molecule has 0 fully saturated rings. The average Bonchev–Trinajstić information content (AvgIpc) is 2.49. The third-order valence-electron chi connectivity index (χ3n) is 3.22. The molecule has 3 rings (SSSR count). The maximum Gasteiger partial charge on any atom is 0.0406 e. The summed E-state index contributed by atoms with van der Waals surface area (Å²) >= 11 is 8.33. The van der Waals surface area contributed by atoms with E-state index in [2.05, 4.69) is 77.2 Å². The zero-order valence-corrected chi connectivity index (χ0v) is 13.6. The molecule has 0 heterocycles. The molecule has 3 aromatic carbocycles. The van der Waals surface area contributed by atoms with E-state index in [1.165, 1.54) is 25.8 Å². The van der Waals surface area contributed by atoms with Gasteiger partial charge in [-0.2, -0.15) is 0 Å². The monoisotopic (exact) mass is 390 g/mol. The summed E-state index contributed by atoms with van der Waals surface area (Å²) in [5.41, 5.74) is 4.90. The van der Waals surface area contributed by atoms with Gasteiger partial charge in [-0.1, -0.05) is 60.1 Å². The van der Waals surface area contributed by atoms with Gasteiger partial charge < -0.3 is 0 Å². The van der Waals surface area contributed by atoms with Crippen LogP contribution in [0.5, 0.6) is 0 Å². The highest BCUT2D eigenvalue weighted by Crippen LogP contribution is 2.33. The smallest absolute Gasteiger partial charge is 0.0406 e. The molecular weight excluding hydrogens is 379 g/mol. The lowest BCUT2D eigenvalue weighted by Crippen LogP contribution is -1.86. The van der Waals surface area contributed by atoms with Crippen molar-refractivity contribution in [2.75, 3.05) is 0 Å². The van der Waals surface area contributed by atoms with Crippen LogP contribution in [0.1, 0.15) is 0 Å². The fourth-order valence-electron chi connectivity index (χ4n) is 2.25. The van der Waals surface area contributed by atoms with E-state index < -0.39 is 0 Å². The van der Waals surface area contributed by atoms with E-state index >= 15 is 0 Å². The summed E-state index contributed by atoms with van der Waals surface area (Å²) < 4.78 is 1.24. The Balaban J connectivity index is 2.19. The standard InChI is InChI=1S/C18H12ClI/c19-15-8-6-14(7-9-15)17-11-10-16(20)12-18(17)13-4-2-1-3-5-13/h1-12H. The zero-order valence-electron chi connectivity index (χ0n) is 10.7. The van der Waals surface area contributed by atoms with Crippen LogP contribution in [0.3, 0.4) is 0 Å². The highest BCUT2D eigenvalue weighted by atomic mass is 127. The van der Waals surface area contributed by atoms with Gasteiger partial charge in [0.2, 0.25) is 0 Å². The molecule has 0 aliphatic carbocycles. The molecular formula is C18H12ClI. The van der Waals surface area contributed by atoms with Gasteiger partial charge in [0.05, 0.1) is 0 Å². The van der Waals surface area contributed by atoms with Crippen LogP contribution in [0.4, 0.5) is 0 Å². The third-order valence-corrected chi connectivity index (χ3v) is 4.14. The predicted octanol–water partition coefficient (Wildman–Crippen LogP) is 6.28. The second-order valence-electron chi connectivity index (χ2n) is 4.56. The minimum Gasteiger partial charge on any atom is -0.0843 e. The maximum atomic E-state index is 5.98. The quantitative estimate of drug-likeness (QED) is 0.452. The van der Waals surface area contributed by atoms with Gasteiger partial charge in [-0.15, -0.1) is 0 Å². The number of halogens is 2. The molecule has 0 saturated heterocycles. The molecule has 0 N–H and O–H groups in total. The number of hydrogen-bond acceptors (Lipinski definition) is 0. The minimum absolute atomic E-state index is 0.764. The van der Waals surface area contributed by atoms with Crippen LogP contribution in [-0.4, -0.2) is 0 Å². The van der Waals surface area contributed by atoms with Gasteiger partial charge in [0.25, 0.3) is 0 Å². The molecule has 0 aliphatic heterocycles. The summed E-state index contributed by atoms with van der Waals surface area (Å²) in [7, 11) is 0. The van der Waals surface area contributed by atoms with Crippen LogP contribution < -0.4 is 0 Å². The molecule has 0 aromatic heterocycles. The molecule has 0 aliphatic rings. The van der Waals surface area contributed by atoms with Crippen molar-refractivity contribution in [2.45, 2.75) is 0 Å². The molecule has 0 radical (unpaired) electrons. The van der Waals surface area contributed by atoms with Crippen molar-refractivity contribution in [3.8, 4) is 22.3 Å². The molecule has 2 heteroatoms. The van der Waals surface area contributed by atoms with Gasteiger partial charge in [-0.25, -0.2) is 0 Å². The minimum atomic E-state index is 0.764. The van der Waals surface area contributed by atoms with E-state index in [1.807, 2.05) is 18.2 Å². The molecule has 0 amide bonds. The highest BCUT2D eigenvalue weighted by Gasteiger charge is 2.07. The molecule has 0 spiro atoms. The summed E-state index contributed by atoms with van der Waals surface area (Å²) in [5, 5.41) is 0.764. The summed E-state index contributed by atoms with van der Waals surface area (Å²) in [6.07, 6.45) is 0. The molecule has 0 atom stereocenters. The third kappa shape index (κ3) is 2.89. The van der Waals surface area contributed by atoms with Crippen molar-refractivity contribution in [2.24, 2.45) is 0 Å². The van der Waals surface area contributed by atoms with Crippen LogP contribution in [0, 0.1) is 3.57 Å². The molecule has 98 valence electrons. The Labute approximate surface area is 137 Å². The van der Waals surface area contributed by atoms with Gasteiger partial charge >= 0.3 is 0 Å². The first-order valence-electron chi connectivity index (χ1n) is 6.35. The Morgan fingerprint density at radius 3 is 2.00 bits per heavy atom. The van der Waals surface area contributed by atoms with E-state index in [0.29, 0.717) is 0 Å². The van der Waals surface area contributed by atoms with E-state index in [0.717, 1.165) is 5.02 Å². The van der Waals surface area contributed by atoms with Crippen molar-refractivity contribution in [3.05, 3.63) is 81.4 Å². The van der Waals surface area contributed by atoms with Crippen molar-refractivity contribution in [3.63, 3.8) is 0 Å². The summed E-state index contributed by atoms with van der Waals surface area (Å²) in [4.78, 5) is 0. The first-order chi connectivity index (χ1) is 9.74. The lowest BCUT2D eigenvalue weighted by Gasteiger charge is -2.11. The van der Waals surface area contributed by atoms with E-state index in [1.54, 1.807) is 0 Å². The molecule has 0 nitrogen and oxygen atoms in total. The Kier molecular flexibility index (Phi) is 4.08. The second-order valence-corrected chi connectivity index (χ2v) is 6.24. The average molecular weight is 391 g/mol. The summed E-state index contributed by atoms with van der Waals surface area (Å²) in [5.74, 6) is 0. The molecule has 0 bridgehead atoms. The van der Waals surface area contributed by atoms with Crippen molar-refractivity contribution in [1.82, 2.24) is 0 Å². The molecule has 0 unspecified atom stereocenters. The van der Waals surface area contributed by atoms with Crippen molar-refractivity contribution >= 4 is 34.2 Å². The van der Waals surface area contributed by atoms with Crippen LogP contribution in [-0.2, 0) is 0 Å². The van der Waals surface area contributed by atoms with Gasteiger partial charge in [-0.05, 0) is 69.1 Å². The fraction of sp³-hybridized carbons (Fsp3) is 0. The number of rotatable bonds is 2. The number of hydrogen-bond donors (Lipinski definition) is 0. The molecule has 3 aromatic rings. The Morgan fingerprint density at radius 2 is 1.30 bits per heavy atom. The largest absolute Gasteiger partial charge is 0.0843 e. The van der Waals surface area contributed by atoms with Crippen molar-refractivity contribution in [1.29, 1.82) is 0 Å². The maximum absolute atomic E-state index is 5.98. The lowest BCUT2D eigenvalue weighted by molar-refractivity contribution is 1.56. The van der Waals surface area contributed by atoms with Crippen LogP contribution in [0.15, 0.2) is 72.8 Å². The Hall–Kier alpha value is -1.32. The summed E-state index contributed by atoms with van der Waals surface area (Å²) in [6.45, 7) is 0. The summed E-state index contributed by atoms with van der Waals surface area (Å²) in [6, 6.07) is 25.0. The van der Waals surface area contributed by atoms with Crippen LogP contribution in [0.25, 0.3) is 22.3 Å². The van der Waals surface area contributed by atoms with Gasteiger partial charge in [0.15, 0.2) is 0 Å². The second kappa shape index (κ2) is 5.98. The topological polar surface area (TPSA) is 0 Å². The van der Waals surface area contributed by atoms with Gasteiger partial charge in [0, 0.05) is 8.59 Å². The van der Waals surface area contributed by atoms with Gasteiger partial charge in [0.1, 0.15) is 0 Å². The Bertz CT molecular complexity index is 718. The first kappa shape index (κ1) is 13.7.